The number of halogens is 1. The van der Waals surface area contributed by atoms with E-state index in [2.05, 4.69) is 24.3 Å². The quantitative estimate of drug-likeness (QED) is 0.679. The maximum absolute atomic E-state index is 12.0. The molecule has 0 radical (unpaired) electrons. The smallest absolute Gasteiger partial charge is 0.0830 e. The summed E-state index contributed by atoms with van der Waals surface area (Å²) in [4.78, 5) is 0. The van der Waals surface area contributed by atoms with Gasteiger partial charge in [-0.3, -0.25) is 0 Å². The topological polar surface area (TPSA) is 9.23 Å². The summed E-state index contributed by atoms with van der Waals surface area (Å²) in [5.74, 6) is 1.67. The second-order valence-electron chi connectivity index (χ2n) is 6.26. The SMILES string of the molecule is COCC1CCC(CCc2ccc(C/C=C/F)cc2)CC1. The summed E-state index contributed by atoms with van der Waals surface area (Å²) in [7, 11) is 1.80. The number of ether oxygens (including phenoxy) is 1. The van der Waals surface area contributed by atoms with Crippen molar-refractivity contribution in [2.75, 3.05) is 13.7 Å². The van der Waals surface area contributed by atoms with E-state index < -0.39 is 0 Å². The second kappa shape index (κ2) is 8.99. The molecule has 0 amide bonds. The van der Waals surface area contributed by atoms with Gasteiger partial charge in [0.1, 0.15) is 0 Å². The normalized spacial score (nSPS) is 22.8. The van der Waals surface area contributed by atoms with E-state index in [0.717, 1.165) is 18.4 Å². The number of allylic oxidation sites excluding steroid dienone is 1. The van der Waals surface area contributed by atoms with Crippen molar-refractivity contribution in [3.05, 3.63) is 47.8 Å². The monoisotopic (exact) mass is 290 g/mol. The molecule has 0 heterocycles. The zero-order valence-electron chi connectivity index (χ0n) is 13.1. The third kappa shape index (κ3) is 5.62. The standard InChI is InChI=1S/C19H27FO/c1-21-15-19-12-10-18(11-13-19)9-8-17-6-4-16(5-7-17)3-2-14-20/h2,4-7,14,18-19H,3,8-13,15H2,1H3/b14-2+. The van der Waals surface area contributed by atoms with E-state index >= 15 is 0 Å². The van der Waals surface area contributed by atoms with Crippen molar-refractivity contribution in [1.29, 1.82) is 0 Å². The van der Waals surface area contributed by atoms with Crippen LogP contribution in [-0.4, -0.2) is 13.7 Å². The van der Waals surface area contributed by atoms with Gasteiger partial charge in [0.15, 0.2) is 0 Å². The van der Waals surface area contributed by atoms with E-state index in [1.807, 2.05) is 0 Å². The number of rotatable bonds is 7. The average Bonchev–Trinajstić information content (AvgIpc) is 2.53. The van der Waals surface area contributed by atoms with Crippen LogP contribution >= 0.6 is 0 Å². The van der Waals surface area contributed by atoms with E-state index in [4.69, 9.17) is 4.74 Å². The molecule has 1 fully saturated rings. The lowest BCUT2D eigenvalue weighted by molar-refractivity contribution is 0.117. The summed E-state index contributed by atoms with van der Waals surface area (Å²) >= 11 is 0. The molecule has 0 aliphatic heterocycles. The van der Waals surface area contributed by atoms with Gasteiger partial charge in [0.2, 0.25) is 0 Å². The molecule has 1 aromatic rings. The van der Waals surface area contributed by atoms with Crippen LogP contribution in [0.2, 0.25) is 0 Å². The third-order valence-electron chi connectivity index (χ3n) is 4.68. The van der Waals surface area contributed by atoms with Crippen molar-refractivity contribution in [2.45, 2.75) is 44.9 Å². The number of benzene rings is 1. The van der Waals surface area contributed by atoms with E-state index in [-0.39, 0.29) is 0 Å². The van der Waals surface area contributed by atoms with Crippen molar-refractivity contribution in [3.8, 4) is 0 Å². The molecule has 0 N–H and O–H groups in total. The molecule has 0 unspecified atom stereocenters. The molecule has 0 aromatic heterocycles. The van der Waals surface area contributed by atoms with Crippen LogP contribution in [0.1, 0.15) is 43.2 Å². The Balaban J connectivity index is 1.71. The summed E-state index contributed by atoms with van der Waals surface area (Å²) in [5, 5.41) is 0. The molecule has 1 saturated carbocycles. The molecule has 2 heteroatoms. The van der Waals surface area contributed by atoms with Crippen LogP contribution in [0, 0.1) is 11.8 Å². The van der Waals surface area contributed by atoms with Crippen LogP contribution in [0.3, 0.4) is 0 Å². The highest BCUT2D eigenvalue weighted by Gasteiger charge is 2.20. The van der Waals surface area contributed by atoms with Gasteiger partial charge in [-0.2, -0.15) is 0 Å². The summed E-state index contributed by atoms with van der Waals surface area (Å²) in [6.07, 6.45) is 10.7. The van der Waals surface area contributed by atoms with Crippen molar-refractivity contribution < 1.29 is 9.13 Å². The summed E-state index contributed by atoms with van der Waals surface area (Å²) in [6, 6.07) is 8.62. The van der Waals surface area contributed by atoms with Crippen LogP contribution in [0.15, 0.2) is 36.7 Å². The molecule has 1 aliphatic rings. The Hall–Kier alpha value is -1.15. The molecule has 1 nitrogen and oxygen atoms in total. The largest absolute Gasteiger partial charge is 0.384 e. The minimum Gasteiger partial charge on any atom is -0.384 e. The Morgan fingerprint density at radius 3 is 2.29 bits per heavy atom. The third-order valence-corrected chi connectivity index (χ3v) is 4.68. The molecule has 0 bridgehead atoms. The first kappa shape index (κ1) is 16.2. The van der Waals surface area contributed by atoms with E-state index in [9.17, 15) is 4.39 Å². The summed E-state index contributed by atoms with van der Waals surface area (Å²) < 4.78 is 17.2. The molecule has 0 saturated heterocycles. The number of aryl methyl sites for hydroxylation is 1. The van der Waals surface area contributed by atoms with Crippen LogP contribution in [-0.2, 0) is 17.6 Å². The Morgan fingerprint density at radius 1 is 1.05 bits per heavy atom. The molecule has 21 heavy (non-hydrogen) atoms. The molecular formula is C19H27FO. The zero-order chi connectivity index (χ0) is 14.9. The molecule has 1 aromatic carbocycles. The highest BCUT2D eigenvalue weighted by atomic mass is 19.1. The van der Waals surface area contributed by atoms with E-state index in [0.29, 0.717) is 12.8 Å². The highest BCUT2D eigenvalue weighted by molar-refractivity contribution is 5.24. The minimum atomic E-state index is 0.619. The Bertz CT molecular complexity index is 416. The fourth-order valence-electron chi connectivity index (χ4n) is 3.32. The molecule has 0 atom stereocenters. The maximum atomic E-state index is 12.0. The minimum absolute atomic E-state index is 0.619. The van der Waals surface area contributed by atoms with Gasteiger partial charge >= 0.3 is 0 Å². The molecule has 116 valence electrons. The van der Waals surface area contributed by atoms with Gasteiger partial charge in [-0.05, 0) is 55.1 Å². The molecule has 2 rings (SSSR count). The lowest BCUT2D eigenvalue weighted by Gasteiger charge is -2.28. The van der Waals surface area contributed by atoms with Gasteiger partial charge in [0.05, 0.1) is 6.33 Å². The first-order valence-corrected chi connectivity index (χ1v) is 8.13. The summed E-state index contributed by atoms with van der Waals surface area (Å²) in [5.41, 5.74) is 2.58. The zero-order valence-corrected chi connectivity index (χ0v) is 13.1. The van der Waals surface area contributed by atoms with E-state index in [1.165, 1.54) is 49.7 Å². The van der Waals surface area contributed by atoms with Crippen molar-refractivity contribution in [1.82, 2.24) is 0 Å². The van der Waals surface area contributed by atoms with Gasteiger partial charge in [0, 0.05) is 13.7 Å². The number of methoxy groups -OCH3 is 1. The Morgan fingerprint density at radius 2 is 1.67 bits per heavy atom. The predicted molar refractivity (Wildman–Crippen MR) is 86.0 cm³/mol. The molecule has 0 spiro atoms. The maximum Gasteiger partial charge on any atom is 0.0830 e. The van der Waals surface area contributed by atoms with Gasteiger partial charge in [-0.25, -0.2) is 4.39 Å². The molecular weight excluding hydrogens is 263 g/mol. The first-order valence-electron chi connectivity index (χ1n) is 8.13. The predicted octanol–water partition coefficient (Wildman–Crippen LogP) is 5.10. The first-order chi connectivity index (χ1) is 10.3. The van der Waals surface area contributed by atoms with Crippen LogP contribution in [0.25, 0.3) is 0 Å². The fourth-order valence-corrected chi connectivity index (χ4v) is 3.32. The van der Waals surface area contributed by atoms with Crippen molar-refractivity contribution >= 4 is 0 Å². The van der Waals surface area contributed by atoms with Crippen LogP contribution in [0.4, 0.5) is 4.39 Å². The van der Waals surface area contributed by atoms with Crippen molar-refractivity contribution in [2.24, 2.45) is 11.8 Å². The van der Waals surface area contributed by atoms with Gasteiger partial charge in [-0.15, -0.1) is 0 Å². The number of hydrogen-bond acceptors (Lipinski definition) is 1. The summed E-state index contributed by atoms with van der Waals surface area (Å²) in [6.45, 7) is 0.932. The van der Waals surface area contributed by atoms with Crippen LogP contribution in [0.5, 0.6) is 0 Å². The highest BCUT2D eigenvalue weighted by Crippen LogP contribution is 2.31. The average molecular weight is 290 g/mol. The Kier molecular flexibility index (Phi) is 6.94. The van der Waals surface area contributed by atoms with Crippen LogP contribution < -0.4 is 0 Å². The van der Waals surface area contributed by atoms with Gasteiger partial charge < -0.3 is 4.74 Å². The Labute approximate surface area is 128 Å². The molecule has 1 aliphatic carbocycles. The fraction of sp³-hybridized carbons (Fsp3) is 0.579. The van der Waals surface area contributed by atoms with E-state index in [1.54, 1.807) is 13.2 Å². The second-order valence-corrected chi connectivity index (χ2v) is 6.26. The van der Waals surface area contributed by atoms with Crippen molar-refractivity contribution in [3.63, 3.8) is 0 Å². The lowest BCUT2D eigenvalue weighted by Crippen LogP contribution is -2.18. The van der Waals surface area contributed by atoms with Gasteiger partial charge in [0.25, 0.3) is 0 Å². The van der Waals surface area contributed by atoms with Gasteiger partial charge in [-0.1, -0.05) is 43.2 Å². The number of hydrogen-bond donors (Lipinski definition) is 0. The lowest BCUT2D eigenvalue weighted by atomic mass is 9.80.